The lowest BCUT2D eigenvalue weighted by atomic mass is 10.1. The number of nitrogens with two attached hydrogens (primary N) is 2. The van der Waals surface area contributed by atoms with Gasteiger partial charge in [-0.1, -0.05) is 6.92 Å². The number of thiophene rings is 1. The van der Waals surface area contributed by atoms with Gasteiger partial charge in [0.05, 0.1) is 10.4 Å². The van der Waals surface area contributed by atoms with Gasteiger partial charge >= 0.3 is 11.9 Å². The van der Waals surface area contributed by atoms with Crippen LogP contribution in [0.25, 0.3) is 11.0 Å². The molecule has 0 spiro atoms. The number of nitrogens with one attached hydrogen (secondary N) is 1. The van der Waals surface area contributed by atoms with Gasteiger partial charge in [0.1, 0.15) is 11.6 Å². The molecule has 11 nitrogen and oxygen atoms in total. The summed E-state index contributed by atoms with van der Waals surface area (Å²) in [4.78, 5) is 43.9. The highest BCUT2D eigenvalue weighted by molar-refractivity contribution is 7.14. The van der Waals surface area contributed by atoms with Gasteiger partial charge in [-0.3, -0.25) is 9.59 Å². The molecule has 3 aromatic rings. The number of nitrogens with zero attached hydrogens (tertiary/aromatic N) is 3. The fourth-order valence-electron chi connectivity index (χ4n) is 3.31. The molecule has 1 amide bonds. The third-order valence-corrected chi connectivity index (χ3v) is 6.36. The van der Waals surface area contributed by atoms with Crippen LogP contribution in [0, 0.1) is 0 Å². The van der Waals surface area contributed by atoms with Crippen LogP contribution in [0.2, 0.25) is 0 Å². The van der Waals surface area contributed by atoms with Gasteiger partial charge in [0, 0.05) is 24.0 Å². The Morgan fingerprint density at radius 2 is 1.91 bits per heavy atom. The number of aliphatic carboxylic acids is 2. The summed E-state index contributed by atoms with van der Waals surface area (Å²) in [6.07, 6.45) is 2.10. The van der Waals surface area contributed by atoms with Crippen LogP contribution in [0.1, 0.15) is 46.7 Å². The number of aryl methyl sites for hydroxylation is 1. The lowest BCUT2D eigenvalue weighted by molar-refractivity contribution is -0.140. The Kier molecular flexibility index (Phi) is 6.93. The second kappa shape index (κ2) is 9.64. The van der Waals surface area contributed by atoms with E-state index in [-0.39, 0.29) is 24.7 Å². The number of carbonyl (C=O) groups is 3. The van der Waals surface area contributed by atoms with Crippen LogP contribution in [-0.2, 0) is 16.1 Å². The van der Waals surface area contributed by atoms with Crippen LogP contribution < -0.4 is 16.8 Å². The van der Waals surface area contributed by atoms with Crippen molar-refractivity contribution in [2.45, 2.75) is 44.7 Å². The van der Waals surface area contributed by atoms with E-state index in [1.54, 1.807) is 6.07 Å². The number of amides is 1. The van der Waals surface area contributed by atoms with Crippen LogP contribution >= 0.6 is 11.3 Å². The highest BCUT2D eigenvalue weighted by atomic mass is 32.1. The van der Waals surface area contributed by atoms with Crippen LogP contribution in [0.15, 0.2) is 24.4 Å². The van der Waals surface area contributed by atoms with Crippen molar-refractivity contribution < 1.29 is 24.6 Å². The molecule has 0 bridgehead atoms. The SMILES string of the molecule is CC(CCn1ccc2nc(N)nc(N)c21)c1ccc(C(=O)N[C@@H](CCC(=O)O)C(=O)O)s1. The summed E-state index contributed by atoms with van der Waals surface area (Å²) in [6, 6.07) is 4.04. The average molecular weight is 461 g/mol. The molecule has 3 aromatic heterocycles. The summed E-state index contributed by atoms with van der Waals surface area (Å²) in [5, 5.41) is 20.3. The zero-order valence-corrected chi connectivity index (χ0v) is 18.1. The van der Waals surface area contributed by atoms with E-state index < -0.39 is 23.9 Å². The molecular formula is C20H24N6O5S. The molecule has 0 aliphatic rings. The number of rotatable bonds is 10. The molecular weight excluding hydrogens is 436 g/mol. The third-order valence-electron chi connectivity index (χ3n) is 5.04. The Morgan fingerprint density at radius 1 is 1.16 bits per heavy atom. The summed E-state index contributed by atoms with van der Waals surface area (Å²) >= 11 is 1.28. The zero-order valence-electron chi connectivity index (χ0n) is 17.3. The first kappa shape index (κ1) is 23.0. The van der Waals surface area contributed by atoms with E-state index >= 15 is 0 Å². The number of anilines is 2. The number of hydrogen-bond donors (Lipinski definition) is 5. The van der Waals surface area contributed by atoms with E-state index in [2.05, 4.69) is 15.3 Å². The number of carboxylic acid groups (broad SMARTS) is 2. The Labute approximate surface area is 187 Å². The summed E-state index contributed by atoms with van der Waals surface area (Å²) in [5.41, 5.74) is 13.0. The van der Waals surface area contributed by atoms with Gasteiger partial charge in [-0.15, -0.1) is 11.3 Å². The van der Waals surface area contributed by atoms with Gasteiger partial charge in [0.15, 0.2) is 5.82 Å². The minimum atomic E-state index is -1.27. The van der Waals surface area contributed by atoms with E-state index in [1.165, 1.54) is 11.3 Å². The van der Waals surface area contributed by atoms with Crippen LogP contribution in [-0.4, -0.2) is 48.6 Å². The van der Waals surface area contributed by atoms with Crippen LogP contribution in [0.4, 0.5) is 11.8 Å². The number of carboxylic acids is 2. The Balaban J connectivity index is 1.63. The van der Waals surface area contributed by atoms with Crippen molar-refractivity contribution in [3.05, 3.63) is 34.2 Å². The third kappa shape index (κ3) is 5.32. The molecule has 0 saturated carbocycles. The number of carbonyl (C=O) groups excluding carboxylic acids is 1. The summed E-state index contributed by atoms with van der Waals surface area (Å²) in [6.45, 7) is 2.68. The zero-order chi connectivity index (χ0) is 23.4. The van der Waals surface area contributed by atoms with Gasteiger partial charge in [0.25, 0.3) is 5.91 Å². The van der Waals surface area contributed by atoms with Crippen molar-refractivity contribution in [3.8, 4) is 0 Å². The van der Waals surface area contributed by atoms with E-state index in [0.717, 1.165) is 16.8 Å². The Bertz CT molecular complexity index is 1160. The monoisotopic (exact) mass is 460 g/mol. The van der Waals surface area contributed by atoms with Crippen molar-refractivity contribution in [3.63, 3.8) is 0 Å². The number of hydrogen-bond acceptors (Lipinski definition) is 8. The van der Waals surface area contributed by atoms with Crippen LogP contribution in [0.3, 0.4) is 0 Å². The maximum atomic E-state index is 12.4. The van der Waals surface area contributed by atoms with Gasteiger partial charge < -0.3 is 31.6 Å². The van der Waals surface area contributed by atoms with Crippen molar-refractivity contribution in [2.75, 3.05) is 11.5 Å². The largest absolute Gasteiger partial charge is 0.481 e. The van der Waals surface area contributed by atoms with Crippen molar-refractivity contribution in [1.82, 2.24) is 19.9 Å². The summed E-state index contributed by atoms with van der Waals surface area (Å²) < 4.78 is 1.96. The minimum absolute atomic E-state index is 0.122. The smallest absolute Gasteiger partial charge is 0.326 e. The molecule has 0 radical (unpaired) electrons. The summed E-state index contributed by atoms with van der Waals surface area (Å²) in [7, 11) is 0. The van der Waals surface area contributed by atoms with Crippen LogP contribution in [0.5, 0.6) is 0 Å². The maximum absolute atomic E-state index is 12.4. The molecule has 1 unspecified atom stereocenters. The minimum Gasteiger partial charge on any atom is -0.481 e. The topological polar surface area (TPSA) is 186 Å². The average Bonchev–Trinajstić information content (AvgIpc) is 3.36. The second-order valence-electron chi connectivity index (χ2n) is 7.40. The summed E-state index contributed by atoms with van der Waals surface area (Å²) in [5.74, 6) is -2.37. The number of aromatic nitrogens is 3. The molecule has 12 heteroatoms. The standard InChI is InChI=1S/C20H24N6O5S/c1-10(6-8-26-9-7-11-16(26)17(21)25-20(22)24-11)13-3-4-14(32-13)18(29)23-12(19(30)31)2-5-15(27)28/h3-4,7,9-10,12H,2,5-6,8H2,1H3,(H,23,29)(H,27,28)(H,30,31)(H4,21,22,24,25)/t10?,12-/m0/s1. The highest BCUT2D eigenvalue weighted by Gasteiger charge is 2.23. The molecule has 0 aliphatic carbocycles. The van der Waals surface area contributed by atoms with Gasteiger partial charge in [-0.2, -0.15) is 4.98 Å². The lowest BCUT2D eigenvalue weighted by Gasteiger charge is -2.13. The molecule has 7 N–H and O–H groups in total. The van der Waals surface area contributed by atoms with Gasteiger partial charge in [-0.05, 0) is 37.0 Å². The van der Waals surface area contributed by atoms with E-state index in [1.807, 2.05) is 29.8 Å². The Hall–Kier alpha value is -3.67. The molecule has 0 aromatic carbocycles. The predicted octanol–water partition coefficient (Wildman–Crippen LogP) is 1.90. The molecule has 32 heavy (non-hydrogen) atoms. The fraction of sp³-hybridized carbons (Fsp3) is 0.350. The van der Waals surface area contributed by atoms with Crippen molar-refractivity contribution in [2.24, 2.45) is 0 Å². The first-order valence-electron chi connectivity index (χ1n) is 9.88. The predicted molar refractivity (Wildman–Crippen MR) is 119 cm³/mol. The number of nitrogen functional groups attached to an aromatic ring is 2. The normalized spacial score (nSPS) is 13.0. The first-order chi connectivity index (χ1) is 15.2. The quantitative estimate of drug-likeness (QED) is 0.301. The van der Waals surface area contributed by atoms with Gasteiger partial charge in [-0.25, -0.2) is 9.78 Å². The molecule has 3 heterocycles. The highest BCUT2D eigenvalue weighted by Crippen LogP contribution is 2.29. The van der Waals surface area contributed by atoms with E-state index in [9.17, 15) is 19.5 Å². The van der Waals surface area contributed by atoms with E-state index in [0.29, 0.717) is 22.8 Å². The molecule has 2 atom stereocenters. The molecule has 0 fully saturated rings. The first-order valence-corrected chi connectivity index (χ1v) is 10.7. The lowest BCUT2D eigenvalue weighted by Crippen LogP contribution is -2.40. The second-order valence-corrected chi connectivity index (χ2v) is 8.51. The molecule has 0 aliphatic heterocycles. The molecule has 170 valence electrons. The maximum Gasteiger partial charge on any atom is 0.326 e. The van der Waals surface area contributed by atoms with E-state index in [4.69, 9.17) is 16.6 Å². The van der Waals surface area contributed by atoms with Gasteiger partial charge in [0.2, 0.25) is 5.95 Å². The van der Waals surface area contributed by atoms with Crippen molar-refractivity contribution >= 4 is 52.0 Å². The number of fused-ring (bicyclic) bond motifs is 1. The fourth-order valence-corrected chi connectivity index (χ4v) is 4.31. The Morgan fingerprint density at radius 3 is 2.59 bits per heavy atom. The molecule has 0 saturated heterocycles. The molecule has 3 rings (SSSR count). The van der Waals surface area contributed by atoms with Crippen molar-refractivity contribution in [1.29, 1.82) is 0 Å².